The van der Waals surface area contributed by atoms with Crippen molar-refractivity contribution in [2.75, 3.05) is 13.7 Å². The molecule has 1 aliphatic heterocycles. The van der Waals surface area contributed by atoms with E-state index in [1.807, 2.05) is 0 Å². The van der Waals surface area contributed by atoms with Crippen molar-refractivity contribution in [3.63, 3.8) is 0 Å². The van der Waals surface area contributed by atoms with Crippen molar-refractivity contribution in [3.8, 4) is 0 Å². The standard InChI is InChI=1S/C6H14N4O2/c1-12-10-4-2-5(8-3-4)6(7)9-11/h4-5,8,10-11H,2-3H2,1H3,(H2,7,9). The van der Waals surface area contributed by atoms with Crippen LogP contribution in [0.5, 0.6) is 0 Å². The van der Waals surface area contributed by atoms with E-state index in [2.05, 4.69) is 16.0 Å². The number of nitrogens with two attached hydrogens (primary N) is 1. The maximum Gasteiger partial charge on any atom is 0.156 e. The Hall–Kier alpha value is -0.850. The summed E-state index contributed by atoms with van der Waals surface area (Å²) >= 11 is 0. The van der Waals surface area contributed by atoms with Gasteiger partial charge < -0.3 is 21.1 Å². The van der Waals surface area contributed by atoms with E-state index in [4.69, 9.17) is 15.8 Å². The Morgan fingerprint density at radius 1 is 1.83 bits per heavy atom. The molecule has 1 aliphatic rings. The minimum Gasteiger partial charge on any atom is -0.409 e. The summed E-state index contributed by atoms with van der Waals surface area (Å²) in [6.45, 7) is 0.759. The molecule has 6 nitrogen and oxygen atoms in total. The van der Waals surface area contributed by atoms with Crippen molar-refractivity contribution in [1.29, 1.82) is 0 Å². The van der Waals surface area contributed by atoms with Gasteiger partial charge in [0.05, 0.1) is 13.2 Å². The van der Waals surface area contributed by atoms with Gasteiger partial charge in [0.2, 0.25) is 0 Å². The van der Waals surface area contributed by atoms with Crippen LogP contribution in [0, 0.1) is 0 Å². The highest BCUT2D eigenvalue weighted by atomic mass is 16.6. The molecule has 2 unspecified atom stereocenters. The largest absolute Gasteiger partial charge is 0.409 e. The average Bonchev–Trinajstić information content (AvgIpc) is 2.52. The second-order valence-corrected chi connectivity index (χ2v) is 2.74. The molecule has 1 saturated heterocycles. The number of oxime groups is 1. The fraction of sp³-hybridized carbons (Fsp3) is 0.833. The number of nitrogens with one attached hydrogen (secondary N) is 2. The van der Waals surface area contributed by atoms with Gasteiger partial charge in [0.1, 0.15) is 0 Å². The Morgan fingerprint density at radius 3 is 3.17 bits per heavy atom. The summed E-state index contributed by atoms with van der Waals surface area (Å²) < 4.78 is 0. The maximum atomic E-state index is 8.38. The van der Waals surface area contributed by atoms with Crippen LogP contribution in [-0.2, 0) is 4.84 Å². The summed E-state index contributed by atoms with van der Waals surface area (Å²) in [5.41, 5.74) is 8.20. The Morgan fingerprint density at radius 2 is 2.58 bits per heavy atom. The number of hydrogen-bond donors (Lipinski definition) is 4. The van der Waals surface area contributed by atoms with Gasteiger partial charge in [0, 0.05) is 12.6 Å². The number of hydroxylamine groups is 1. The van der Waals surface area contributed by atoms with Crippen molar-refractivity contribution in [2.45, 2.75) is 18.5 Å². The van der Waals surface area contributed by atoms with Crippen LogP contribution in [0.15, 0.2) is 5.16 Å². The van der Waals surface area contributed by atoms with Gasteiger partial charge in [-0.2, -0.15) is 5.48 Å². The van der Waals surface area contributed by atoms with E-state index in [-0.39, 0.29) is 17.9 Å². The Labute approximate surface area is 70.7 Å². The molecule has 0 bridgehead atoms. The highest BCUT2D eigenvalue weighted by Crippen LogP contribution is 2.06. The zero-order valence-corrected chi connectivity index (χ0v) is 6.95. The molecule has 1 fully saturated rings. The molecule has 2 atom stereocenters. The van der Waals surface area contributed by atoms with Gasteiger partial charge in [0.25, 0.3) is 0 Å². The van der Waals surface area contributed by atoms with Crippen molar-refractivity contribution < 1.29 is 10.0 Å². The highest BCUT2D eigenvalue weighted by Gasteiger charge is 2.26. The minimum absolute atomic E-state index is 0.0531. The molecule has 0 amide bonds. The van der Waals surface area contributed by atoms with Gasteiger partial charge in [0.15, 0.2) is 5.84 Å². The van der Waals surface area contributed by atoms with Crippen LogP contribution in [0.2, 0.25) is 0 Å². The summed E-state index contributed by atoms with van der Waals surface area (Å²) in [5, 5.41) is 14.4. The Balaban J connectivity index is 2.35. The number of amidine groups is 1. The summed E-state index contributed by atoms with van der Waals surface area (Å²) in [4.78, 5) is 4.75. The van der Waals surface area contributed by atoms with Crippen LogP contribution in [0.3, 0.4) is 0 Å². The van der Waals surface area contributed by atoms with E-state index in [1.54, 1.807) is 7.11 Å². The van der Waals surface area contributed by atoms with Crippen molar-refractivity contribution in [1.82, 2.24) is 10.8 Å². The minimum atomic E-state index is -0.0531. The fourth-order valence-corrected chi connectivity index (χ4v) is 1.29. The summed E-state index contributed by atoms with van der Waals surface area (Å²) in [5.74, 6) is 0.218. The molecular weight excluding hydrogens is 160 g/mol. The van der Waals surface area contributed by atoms with Gasteiger partial charge in [-0.25, -0.2) is 0 Å². The van der Waals surface area contributed by atoms with Gasteiger partial charge in [-0.1, -0.05) is 5.16 Å². The van der Waals surface area contributed by atoms with Gasteiger partial charge in [-0.15, -0.1) is 0 Å². The van der Waals surface area contributed by atoms with Crippen LogP contribution in [-0.4, -0.2) is 36.8 Å². The molecule has 5 N–H and O–H groups in total. The topological polar surface area (TPSA) is 91.9 Å². The third-order valence-electron chi connectivity index (χ3n) is 1.89. The molecule has 0 radical (unpaired) electrons. The first-order valence-electron chi connectivity index (χ1n) is 3.77. The van der Waals surface area contributed by atoms with Crippen molar-refractivity contribution >= 4 is 5.84 Å². The Bertz CT molecular complexity index is 173. The fourth-order valence-electron chi connectivity index (χ4n) is 1.29. The molecule has 70 valence electrons. The molecule has 0 spiro atoms. The number of hydrogen-bond acceptors (Lipinski definition) is 5. The van der Waals surface area contributed by atoms with E-state index in [0.29, 0.717) is 0 Å². The SMILES string of the molecule is CONC1CNC(/C(N)=N/O)C1. The third-order valence-corrected chi connectivity index (χ3v) is 1.89. The third kappa shape index (κ3) is 2.07. The lowest BCUT2D eigenvalue weighted by atomic mass is 10.2. The van der Waals surface area contributed by atoms with Crippen LogP contribution in [0.25, 0.3) is 0 Å². The van der Waals surface area contributed by atoms with Gasteiger partial charge in [-0.05, 0) is 6.42 Å². The molecule has 0 aromatic carbocycles. The number of nitrogens with zero attached hydrogens (tertiary/aromatic N) is 1. The monoisotopic (exact) mass is 174 g/mol. The molecule has 0 aromatic heterocycles. The zero-order valence-electron chi connectivity index (χ0n) is 6.95. The summed E-state index contributed by atoms with van der Waals surface area (Å²) in [6.07, 6.45) is 0.768. The van der Waals surface area contributed by atoms with Crippen molar-refractivity contribution in [2.24, 2.45) is 10.9 Å². The predicted octanol–water partition coefficient (Wildman–Crippen LogP) is -1.39. The van der Waals surface area contributed by atoms with E-state index in [9.17, 15) is 0 Å². The first-order chi connectivity index (χ1) is 5.77. The molecular formula is C6H14N4O2. The van der Waals surface area contributed by atoms with E-state index in [0.717, 1.165) is 13.0 Å². The predicted molar refractivity (Wildman–Crippen MR) is 43.7 cm³/mol. The second-order valence-electron chi connectivity index (χ2n) is 2.74. The highest BCUT2D eigenvalue weighted by molar-refractivity contribution is 5.85. The Kier molecular flexibility index (Phi) is 3.27. The summed E-state index contributed by atoms with van der Waals surface area (Å²) in [6, 6.07) is 0.169. The lowest BCUT2D eigenvalue weighted by Gasteiger charge is -2.08. The maximum absolute atomic E-state index is 8.38. The van der Waals surface area contributed by atoms with Crippen LogP contribution < -0.4 is 16.5 Å². The molecule has 1 heterocycles. The van der Waals surface area contributed by atoms with Crippen LogP contribution in [0.1, 0.15) is 6.42 Å². The zero-order chi connectivity index (χ0) is 8.97. The molecule has 1 rings (SSSR count). The van der Waals surface area contributed by atoms with Gasteiger partial charge in [-0.3, -0.25) is 0 Å². The second kappa shape index (κ2) is 4.24. The summed E-state index contributed by atoms with van der Waals surface area (Å²) in [7, 11) is 1.57. The smallest absolute Gasteiger partial charge is 0.156 e. The molecule has 6 heteroatoms. The average molecular weight is 174 g/mol. The lowest BCUT2D eigenvalue weighted by Crippen LogP contribution is -2.36. The molecule has 0 aliphatic carbocycles. The molecule has 0 aromatic rings. The first-order valence-corrected chi connectivity index (χ1v) is 3.77. The first kappa shape index (κ1) is 9.24. The normalized spacial score (nSPS) is 30.9. The quantitative estimate of drug-likeness (QED) is 0.183. The van der Waals surface area contributed by atoms with Crippen LogP contribution >= 0.6 is 0 Å². The lowest BCUT2D eigenvalue weighted by molar-refractivity contribution is 0.0661. The number of rotatable bonds is 3. The van der Waals surface area contributed by atoms with E-state index in [1.165, 1.54) is 0 Å². The molecule has 0 saturated carbocycles. The van der Waals surface area contributed by atoms with E-state index >= 15 is 0 Å². The van der Waals surface area contributed by atoms with Crippen LogP contribution in [0.4, 0.5) is 0 Å². The van der Waals surface area contributed by atoms with Gasteiger partial charge >= 0.3 is 0 Å². The molecule has 12 heavy (non-hydrogen) atoms. The van der Waals surface area contributed by atoms with E-state index < -0.39 is 0 Å². The van der Waals surface area contributed by atoms with Crippen molar-refractivity contribution in [3.05, 3.63) is 0 Å².